The maximum Gasteiger partial charge on any atom is 0.296 e. The molecule has 0 radical (unpaired) electrons. The summed E-state index contributed by atoms with van der Waals surface area (Å²) in [5.74, 6) is 0.529. The van der Waals surface area contributed by atoms with Gasteiger partial charge in [-0.2, -0.15) is 0 Å². The summed E-state index contributed by atoms with van der Waals surface area (Å²) in [5.41, 5.74) is 1.30. The van der Waals surface area contributed by atoms with Gasteiger partial charge < -0.3 is 14.8 Å². The lowest BCUT2D eigenvalue weighted by atomic mass is 9.87. The molecule has 0 spiro atoms. The lowest BCUT2D eigenvalue weighted by Crippen LogP contribution is -2.25. The number of nitrogens with one attached hydrogen (secondary N) is 1. The first-order chi connectivity index (χ1) is 14.1. The SMILES string of the molecule is CCOc1ccc(NC(=O)C2c3ccccc3Oc3ccccc32)c([N+](=O)[O-])c1. The van der Waals surface area contributed by atoms with Crippen LogP contribution in [0.25, 0.3) is 0 Å². The Labute approximate surface area is 167 Å². The highest BCUT2D eigenvalue weighted by Gasteiger charge is 2.33. The molecule has 1 amide bonds. The van der Waals surface area contributed by atoms with Gasteiger partial charge in [0, 0.05) is 11.1 Å². The van der Waals surface area contributed by atoms with E-state index in [0.717, 1.165) is 0 Å². The van der Waals surface area contributed by atoms with Crippen molar-refractivity contribution in [3.05, 3.63) is 88.0 Å². The first-order valence-corrected chi connectivity index (χ1v) is 9.16. The van der Waals surface area contributed by atoms with Gasteiger partial charge in [0.2, 0.25) is 5.91 Å². The summed E-state index contributed by atoms with van der Waals surface area (Å²) < 4.78 is 11.2. The number of hydrogen-bond donors (Lipinski definition) is 1. The Morgan fingerprint density at radius 2 is 1.69 bits per heavy atom. The fourth-order valence-corrected chi connectivity index (χ4v) is 3.42. The van der Waals surface area contributed by atoms with Crippen molar-refractivity contribution in [2.75, 3.05) is 11.9 Å². The van der Waals surface area contributed by atoms with Crippen molar-refractivity contribution in [2.24, 2.45) is 0 Å². The number of rotatable bonds is 5. The third-order valence-electron chi connectivity index (χ3n) is 4.68. The van der Waals surface area contributed by atoms with E-state index in [-0.39, 0.29) is 17.3 Å². The van der Waals surface area contributed by atoms with Gasteiger partial charge in [-0.15, -0.1) is 0 Å². The van der Waals surface area contributed by atoms with Crippen LogP contribution in [0.1, 0.15) is 24.0 Å². The zero-order valence-electron chi connectivity index (χ0n) is 15.6. The van der Waals surface area contributed by atoms with Gasteiger partial charge in [0.15, 0.2) is 0 Å². The summed E-state index contributed by atoms with van der Waals surface area (Å²) in [6.45, 7) is 2.18. The number of hydrogen-bond acceptors (Lipinski definition) is 5. The van der Waals surface area contributed by atoms with E-state index < -0.39 is 10.8 Å². The summed E-state index contributed by atoms with van der Waals surface area (Å²) in [6, 6.07) is 18.9. The van der Waals surface area contributed by atoms with Crippen LogP contribution < -0.4 is 14.8 Å². The van der Waals surface area contributed by atoms with Crippen molar-refractivity contribution in [3.63, 3.8) is 0 Å². The number of nitro benzene ring substituents is 1. The van der Waals surface area contributed by atoms with Crippen molar-refractivity contribution in [1.82, 2.24) is 0 Å². The molecule has 0 atom stereocenters. The maximum absolute atomic E-state index is 13.3. The highest BCUT2D eigenvalue weighted by Crippen LogP contribution is 2.44. The third kappa shape index (κ3) is 3.50. The number of benzene rings is 3. The molecule has 0 aliphatic carbocycles. The average Bonchev–Trinajstić information content (AvgIpc) is 2.73. The van der Waals surface area contributed by atoms with Crippen LogP contribution in [-0.4, -0.2) is 17.4 Å². The van der Waals surface area contributed by atoms with Crippen LogP contribution in [0.3, 0.4) is 0 Å². The topological polar surface area (TPSA) is 90.7 Å². The number of nitrogens with zero attached hydrogens (tertiary/aromatic N) is 1. The molecule has 0 unspecified atom stereocenters. The van der Waals surface area contributed by atoms with Crippen molar-refractivity contribution >= 4 is 17.3 Å². The number of fused-ring (bicyclic) bond motifs is 2. The molecule has 4 rings (SSSR count). The maximum atomic E-state index is 13.3. The molecule has 29 heavy (non-hydrogen) atoms. The third-order valence-corrected chi connectivity index (χ3v) is 4.68. The van der Waals surface area contributed by atoms with Crippen LogP contribution in [0.15, 0.2) is 66.7 Å². The smallest absolute Gasteiger partial charge is 0.296 e. The second-order valence-electron chi connectivity index (χ2n) is 6.47. The molecule has 146 valence electrons. The van der Waals surface area contributed by atoms with Gasteiger partial charge >= 0.3 is 0 Å². The summed E-state index contributed by atoms with van der Waals surface area (Å²) in [7, 11) is 0. The second kappa shape index (κ2) is 7.63. The fourth-order valence-electron chi connectivity index (χ4n) is 3.42. The predicted molar refractivity (Wildman–Crippen MR) is 108 cm³/mol. The minimum Gasteiger partial charge on any atom is -0.494 e. The quantitative estimate of drug-likeness (QED) is 0.496. The molecule has 1 N–H and O–H groups in total. The number of ether oxygens (including phenoxy) is 2. The van der Waals surface area contributed by atoms with Crippen LogP contribution in [0.2, 0.25) is 0 Å². The van der Waals surface area contributed by atoms with Crippen LogP contribution in [0, 0.1) is 10.1 Å². The molecule has 7 nitrogen and oxygen atoms in total. The number of carbonyl (C=O) groups is 1. The van der Waals surface area contributed by atoms with E-state index in [1.807, 2.05) is 36.4 Å². The molecule has 0 bridgehead atoms. The molecule has 0 saturated heterocycles. The second-order valence-corrected chi connectivity index (χ2v) is 6.47. The first kappa shape index (κ1) is 18.5. The molecule has 3 aromatic carbocycles. The summed E-state index contributed by atoms with van der Waals surface area (Å²) in [6.07, 6.45) is 0. The van der Waals surface area contributed by atoms with Crippen molar-refractivity contribution < 1.29 is 19.2 Å². The molecule has 0 saturated carbocycles. The van der Waals surface area contributed by atoms with Crippen LogP contribution >= 0.6 is 0 Å². The molecule has 0 aromatic heterocycles. The molecule has 7 heteroatoms. The fraction of sp³-hybridized carbons (Fsp3) is 0.136. The van der Waals surface area contributed by atoms with E-state index >= 15 is 0 Å². The number of anilines is 1. The monoisotopic (exact) mass is 390 g/mol. The molecule has 1 heterocycles. The first-order valence-electron chi connectivity index (χ1n) is 9.16. The predicted octanol–water partition coefficient (Wildman–Crippen LogP) is 4.87. The Morgan fingerprint density at radius 3 is 2.28 bits per heavy atom. The average molecular weight is 390 g/mol. The summed E-state index contributed by atoms with van der Waals surface area (Å²) >= 11 is 0. The molecule has 0 fully saturated rings. The van der Waals surface area contributed by atoms with Gasteiger partial charge in [-0.05, 0) is 31.2 Å². The number of nitro groups is 1. The Bertz CT molecular complexity index is 1050. The van der Waals surface area contributed by atoms with Crippen molar-refractivity contribution in [2.45, 2.75) is 12.8 Å². The largest absolute Gasteiger partial charge is 0.494 e. The zero-order valence-corrected chi connectivity index (χ0v) is 15.6. The Kier molecular flexibility index (Phi) is 4.87. The summed E-state index contributed by atoms with van der Waals surface area (Å²) in [5, 5.41) is 14.2. The molecule has 3 aromatic rings. The van der Waals surface area contributed by atoms with Crippen molar-refractivity contribution in [3.8, 4) is 17.2 Å². The van der Waals surface area contributed by atoms with E-state index in [4.69, 9.17) is 9.47 Å². The number of amides is 1. The normalized spacial score (nSPS) is 12.3. The Balaban J connectivity index is 1.72. The molecular weight excluding hydrogens is 372 g/mol. The van der Waals surface area contributed by atoms with Crippen molar-refractivity contribution in [1.29, 1.82) is 0 Å². The van der Waals surface area contributed by atoms with Crippen LogP contribution in [0.4, 0.5) is 11.4 Å². The lowest BCUT2D eigenvalue weighted by Gasteiger charge is -2.27. The van der Waals surface area contributed by atoms with E-state index in [1.54, 1.807) is 25.1 Å². The van der Waals surface area contributed by atoms with E-state index in [2.05, 4.69) is 5.32 Å². The van der Waals surface area contributed by atoms with Gasteiger partial charge in [0.1, 0.15) is 22.9 Å². The van der Waals surface area contributed by atoms with Gasteiger partial charge in [-0.3, -0.25) is 14.9 Å². The van der Waals surface area contributed by atoms with Gasteiger partial charge in [-0.25, -0.2) is 0 Å². The highest BCUT2D eigenvalue weighted by molar-refractivity contribution is 6.01. The standard InChI is InChI=1S/C22H18N2O5/c1-2-28-14-11-12-17(18(13-14)24(26)27)23-22(25)21-15-7-3-5-9-19(15)29-20-10-6-4-8-16(20)21/h3-13,21H,2H2,1H3,(H,23,25). The summed E-state index contributed by atoms with van der Waals surface area (Å²) in [4.78, 5) is 24.2. The van der Waals surface area contributed by atoms with E-state index in [9.17, 15) is 14.9 Å². The highest BCUT2D eigenvalue weighted by atomic mass is 16.6. The van der Waals surface area contributed by atoms with Gasteiger partial charge in [-0.1, -0.05) is 36.4 Å². The van der Waals surface area contributed by atoms with Gasteiger partial charge in [0.25, 0.3) is 5.69 Å². The molecule has 1 aliphatic rings. The number of carbonyl (C=O) groups excluding carboxylic acids is 1. The molecular formula is C22H18N2O5. The van der Waals surface area contributed by atoms with Crippen LogP contribution in [0.5, 0.6) is 17.2 Å². The molecule has 1 aliphatic heterocycles. The van der Waals surface area contributed by atoms with E-state index in [0.29, 0.717) is 35.0 Å². The lowest BCUT2D eigenvalue weighted by molar-refractivity contribution is -0.384. The Morgan fingerprint density at radius 1 is 1.07 bits per heavy atom. The van der Waals surface area contributed by atoms with Gasteiger partial charge in [0.05, 0.1) is 23.5 Å². The minimum absolute atomic E-state index is 0.116. The number of para-hydroxylation sites is 2. The Hall–Kier alpha value is -3.87. The zero-order chi connectivity index (χ0) is 20.4. The van der Waals surface area contributed by atoms with Crippen LogP contribution in [-0.2, 0) is 4.79 Å². The van der Waals surface area contributed by atoms with E-state index in [1.165, 1.54) is 12.1 Å². The minimum atomic E-state index is -0.651.